The second-order valence-electron chi connectivity index (χ2n) is 5.43. The van der Waals surface area contributed by atoms with Crippen LogP contribution in [-0.4, -0.2) is 14.9 Å². The lowest BCUT2D eigenvalue weighted by atomic mass is 10.2. The number of halogens is 4. The van der Waals surface area contributed by atoms with Crippen molar-refractivity contribution in [3.8, 4) is 0 Å². The Balaban J connectivity index is 1.94. The zero-order valence-corrected chi connectivity index (χ0v) is 14.6. The molecule has 0 radical (unpaired) electrons. The van der Waals surface area contributed by atoms with Gasteiger partial charge in [-0.05, 0) is 30.3 Å². The van der Waals surface area contributed by atoms with Crippen LogP contribution >= 0.6 is 11.6 Å². The fourth-order valence-corrected chi connectivity index (χ4v) is 2.45. The fraction of sp³-hybridized carbons (Fsp3) is 0.125. The topological polar surface area (TPSA) is 106 Å². The maximum Gasteiger partial charge on any atom is 0.416 e. The van der Waals surface area contributed by atoms with Crippen LogP contribution in [0, 0.1) is 10.1 Å². The number of alkyl halides is 3. The van der Waals surface area contributed by atoms with Gasteiger partial charge in [-0.15, -0.1) is 0 Å². The minimum Gasteiger partial charge on any atom is -0.467 e. The molecule has 0 atom stereocenters. The average molecular weight is 414 g/mol. The molecule has 0 spiro atoms. The van der Waals surface area contributed by atoms with Gasteiger partial charge in [-0.25, -0.2) is 9.97 Å². The molecule has 0 saturated carbocycles. The molecule has 0 amide bonds. The van der Waals surface area contributed by atoms with Crippen LogP contribution in [0.2, 0.25) is 5.02 Å². The first-order valence-electron chi connectivity index (χ1n) is 7.65. The molecule has 0 unspecified atom stereocenters. The third-order valence-corrected chi connectivity index (χ3v) is 3.89. The van der Waals surface area contributed by atoms with Crippen LogP contribution in [0.15, 0.2) is 47.3 Å². The Hall–Kier alpha value is -3.34. The Labute approximate surface area is 160 Å². The van der Waals surface area contributed by atoms with E-state index >= 15 is 0 Å². The standard InChI is InChI=1S/C16H11ClF3N5O3/c17-11-4-3-9(16(18,19)20)6-12(11)24-15-13(25(26)27)14(22-8-23-15)21-7-10-2-1-5-28-10/h1-6,8H,7H2,(H2,21,22,23,24). The Bertz CT molecular complexity index is 996. The molecule has 0 fully saturated rings. The van der Waals surface area contributed by atoms with Gasteiger partial charge in [0.2, 0.25) is 11.6 Å². The lowest BCUT2D eigenvalue weighted by Crippen LogP contribution is -2.09. The van der Waals surface area contributed by atoms with Crippen LogP contribution in [-0.2, 0) is 12.7 Å². The minimum absolute atomic E-state index is 0.0639. The van der Waals surface area contributed by atoms with E-state index in [4.69, 9.17) is 16.0 Å². The van der Waals surface area contributed by atoms with Crippen molar-refractivity contribution in [3.63, 3.8) is 0 Å². The van der Waals surface area contributed by atoms with Crippen LogP contribution in [0.4, 0.5) is 36.2 Å². The van der Waals surface area contributed by atoms with Crippen LogP contribution in [0.3, 0.4) is 0 Å². The van der Waals surface area contributed by atoms with E-state index in [1.807, 2.05) is 0 Å². The fourth-order valence-electron chi connectivity index (χ4n) is 2.28. The number of nitro groups is 1. The molecule has 12 heteroatoms. The van der Waals surface area contributed by atoms with E-state index in [0.29, 0.717) is 5.76 Å². The second-order valence-corrected chi connectivity index (χ2v) is 5.83. The molecule has 1 aromatic carbocycles. The van der Waals surface area contributed by atoms with Crippen molar-refractivity contribution in [1.29, 1.82) is 0 Å². The first kappa shape index (κ1) is 19.4. The van der Waals surface area contributed by atoms with E-state index in [1.165, 1.54) is 6.26 Å². The lowest BCUT2D eigenvalue weighted by molar-refractivity contribution is -0.383. The maximum atomic E-state index is 12.9. The van der Waals surface area contributed by atoms with Crippen molar-refractivity contribution in [1.82, 2.24) is 9.97 Å². The molecule has 0 aliphatic rings. The van der Waals surface area contributed by atoms with Gasteiger partial charge in [0, 0.05) is 0 Å². The van der Waals surface area contributed by atoms with Gasteiger partial charge in [-0.1, -0.05) is 11.6 Å². The first-order chi connectivity index (χ1) is 13.3. The van der Waals surface area contributed by atoms with Gasteiger partial charge in [0.1, 0.15) is 12.1 Å². The Morgan fingerprint density at radius 3 is 2.61 bits per heavy atom. The highest BCUT2D eigenvalue weighted by Gasteiger charge is 2.31. The molecule has 28 heavy (non-hydrogen) atoms. The van der Waals surface area contributed by atoms with Crippen molar-refractivity contribution in [2.45, 2.75) is 12.7 Å². The highest BCUT2D eigenvalue weighted by Crippen LogP contribution is 2.37. The lowest BCUT2D eigenvalue weighted by Gasteiger charge is -2.13. The molecule has 0 saturated heterocycles. The monoisotopic (exact) mass is 413 g/mol. The van der Waals surface area contributed by atoms with Crippen LogP contribution < -0.4 is 10.6 Å². The summed E-state index contributed by atoms with van der Waals surface area (Å²) >= 11 is 5.93. The Morgan fingerprint density at radius 1 is 1.21 bits per heavy atom. The van der Waals surface area contributed by atoms with Gasteiger partial charge in [-0.3, -0.25) is 10.1 Å². The Morgan fingerprint density at radius 2 is 1.96 bits per heavy atom. The summed E-state index contributed by atoms with van der Waals surface area (Å²) in [6.45, 7) is 0.106. The van der Waals surface area contributed by atoms with E-state index in [9.17, 15) is 23.3 Å². The number of rotatable bonds is 6. The number of nitrogens with zero attached hydrogens (tertiary/aromatic N) is 3. The summed E-state index contributed by atoms with van der Waals surface area (Å²) in [7, 11) is 0. The molecule has 8 nitrogen and oxygen atoms in total. The summed E-state index contributed by atoms with van der Waals surface area (Å²) in [4.78, 5) is 18.3. The van der Waals surface area contributed by atoms with E-state index < -0.39 is 22.4 Å². The van der Waals surface area contributed by atoms with Gasteiger partial charge < -0.3 is 15.1 Å². The highest BCUT2D eigenvalue weighted by molar-refractivity contribution is 6.33. The third kappa shape index (κ3) is 4.31. The van der Waals surface area contributed by atoms with Crippen molar-refractivity contribution in [3.05, 3.63) is 69.4 Å². The number of anilines is 3. The summed E-state index contributed by atoms with van der Waals surface area (Å²) in [6, 6.07) is 5.88. The molecule has 3 rings (SSSR count). The molecule has 146 valence electrons. The van der Waals surface area contributed by atoms with E-state index in [2.05, 4.69) is 20.6 Å². The van der Waals surface area contributed by atoms with E-state index in [0.717, 1.165) is 24.5 Å². The molecular formula is C16H11ClF3N5O3. The summed E-state index contributed by atoms with van der Waals surface area (Å²) in [5.74, 6) is 0.0495. The van der Waals surface area contributed by atoms with Gasteiger partial charge >= 0.3 is 11.9 Å². The van der Waals surface area contributed by atoms with Gasteiger partial charge in [0.05, 0.1) is 34.0 Å². The summed E-state index contributed by atoms with van der Waals surface area (Å²) < 4.78 is 43.9. The predicted octanol–water partition coefficient (Wildman–Crippen LogP) is 5.01. The highest BCUT2D eigenvalue weighted by atomic mass is 35.5. The van der Waals surface area contributed by atoms with Crippen LogP contribution in [0.5, 0.6) is 0 Å². The number of hydrogen-bond acceptors (Lipinski definition) is 7. The van der Waals surface area contributed by atoms with Crippen molar-refractivity contribution in [2.24, 2.45) is 0 Å². The van der Waals surface area contributed by atoms with E-state index in [-0.39, 0.29) is 28.9 Å². The summed E-state index contributed by atoms with van der Waals surface area (Å²) in [6.07, 6.45) is -2.14. The molecular weight excluding hydrogens is 403 g/mol. The van der Waals surface area contributed by atoms with Crippen molar-refractivity contribution in [2.75, 3.05) is 10.6 Å². The normalized spacial score (nSPS) is 11.3. The van der Waals surface area contributed by atoms with Gasteiger partial charge in [0.25, 0.3) is 0 Å². The number of aromatic nitrogens is 2. The van der Waals surface area contributed by atoms with Crippen molar-refractivity contribution < 1.29 is 22.5 Å². The Kier molecular flexibility index (Phi) is 5.36. The van der Waals surface area contributed by atoms with Crippen LogP contribution in [0.1, 0.15) is 11.3 Å². The largest absolute Gasteiger partial charge is 0.467 e. The molecule has 3 aromatic rings. The molecule has 0 aliphatic carbocycles. The first-order valence-corrected chi connectivity index (χ1v) is 8.03. The molecule has 2 aromatic heterocycles. The zero-order chi connectivity index (χ0) is 20.3. The summed E-state index contributed by atoms with van der Waals surface area (Å²) in [5, 5.41) is 16.7. The smallest absolute Gasteiger partial charge is 0.416 e. The third-order valence-electron chi connectivity index (χ3n) is 3.56. The number of hydrogen-bond donors (Lipinski definition) is 2. The predicted molar refractivity (Wildman–Crippen MR) is 94.5 cm³/mol. The van der Waals surface area contributed by atoms with Gasteiger partial charge in [0.15, 0.2) is 0 Å². The number of furan rings is 1. The molecule has 2 heterocycles. The SMILES string of the molecule is O=[N+]([O-])c1c(NCc2ccco2)ncnc1Nc1cc(C(F)(F)F)ccc1Cl. The van der Waals surface area contributed by atoms with Crippen LogP contribution in [0.25, 0.3) is 0 Å². The maximum absolute atomic E-state index is 12.9. The second kappa shape index (κ2) is 7.72. The van der Waals surface area contributed by atoms with Gasteiger partial charge in [-0.2, -0.15) is 13.2 Å². The number of nitrogens with one attached hydrogen (secondary N) is 2. The molecule has 0 aliphatic heterocycles. The summed E-state index contributed by atoms with van der Waals surface area (Å²) in [5.41, 5.74) is -1.70. The zero-order valence-electron chi connectivity index (χ0n) is 13.8. The number of benzene rings is 1. The quantitative estimate of drug-likeness (QED) is 0.432. The minimum atomic E-state index is -4.60. The molecule has 2 N–H and O–H groups in total. The van der Waals surface area contributed by atoms with Crippen molar-refractivity contribution >= 4 is 34.6 Å². The average Bonchev–Trinajstić information content (AvgIpc) is 3.14. The molecule has 0 bridgehead atoms. The van der Waals surface area contributed by atoms with E-state index in [1.54, 1.807) is 12.1 Å².